The van der Waals surface area contributed by atoms with Crippen molar-refractivity contribution in [3.63, 3.8) is 0 Å². The van der Waals surface area contributed by atoms with Crippen molar-refractivity contribution in [1.82, 2.24) is 4.72 Å². The zero-order valence-corrected chi connectivity index (χ0v) is 11.4. The summed E-state index contributed by atoms with van der Waals surface area (Å²) in [7, 11) is -3.87. The molecule has 5 nitrogen and oxygen atoms in total. The third-order valence-corrected chi connectivity index (χ3v) is 3.85. The van der Waals surface area contributed by atoms with E-state index in [-0.39, 0.29) is 10.7 Å². The van der Waals surface area contributed by atoms with Gasteiger partial charge in [0.2, 0.25) is 0 Å². The van der Waals surface area contributed by atoms with Crippen LogP contribution < -0.4 is 4.72 Å². The van der Waals surface area contributed by atoms with E-state index in [2.05, 4.69) is 15.9 Å². The molecule has 1 amide bonds. The number of nitrogens with one attached hydrogen (secondary N) is 1. The van der Waals surface area contributed by atoms with E-state index in [4.69, 9.17) is 4.42 Å². The van der Waals surface area contributed by atoms with Crippen LogP contribution >= 0.6 is 15.9 Å². The van der Waals surface area contributed by atoms with E-state index in [0.717, 1.165) is 0 Å². The molecule has 1 N–H and O–H groups in total. The van der Waals surface area contributed by atoms with Gasteiger partial charge in [0.25, 0.3) is 10.0 Å². The number of hydrogen-bond acceptors (Lipinski definition) is 4. The van der Waals surface area contributed by atoms with E-state index in [1.54, 1.807) is 18.2 Å². The molecule has 0 radical (unpaired) electrons. The summed E-state index contributed by atoms with van der Waals surface area (Å²) in [5.74, 6) is -0.897. The molecule has 0 saturated carbocycles. The molecular weight excluding hydrogens is 322 g/mol. The molecule has 0 aliphatic heterocycles. The highest BCUT2D eigenvalue weighted by Gasteiger charge is 2.20. The van der Waals surface area contributed by atoms with E-state index in [1.807, 2.05) is 4.72 Å². The van der Waals surface area contributed by atoms with Crippen LogP contribution in [0, 0.1) is 0 Å². The third kappa shape index (κ3) is 2.80. The molecule has 7 heteroatoms. The van der Waals surface area contributed by atoms with Crippen LogP contribution in [0.2, 0.25) is 0 Å². The molecule has 2 rings (SSSR count). The number of sulfonamides is 1. The first-order valence-electron chi connectivity index (χ1n) is 4.86. The van der Waals surface area contributed by atoms with Crippen LogP contribution in [-0.2, 0) is 10.0 Å². The molecule has 0 atom stereocenters. The van der Waals surface area contributed by atoms with Crippen LogP contribution in [0.3, 0.4) is 0 Å². The molecule has 1 heterocycles. The molecule has 0 saturated heterocycles. The number of benzene rings is 1. The molecular formula is C11H8BrNO4S. The molecule has 0 aliphatic carbocycles. The molecule has 1 aromatic heterocycles. The molecule has 0 spiro atoms. The van der Waals surface area contributed by atoms with Crippen molar-refractivity contribution in [3.8, 4) is 0 Å². The Labute approximate surface area is 112 Å². The second kappa shape index (κ2) is 4.95. The zero-order chi connectivity index (χ0) is 13.2. The summed E-state index contributed by atoms with van der Waals surface area (Å²) < 4.78 is 30.9. The number of amides is 1. The SMILES string of the molecule is O=C(NS(=O)(=O)c1ccccc1)c1ccc(Br)o1. The van der Waals surface area contributed by atoms with Crippen LogP contribution in [0.5, 0.6) is 0 Å². The Morgan fingerprint density at radius 1 is 1.11 bits per heavy atom. The summed E-state index contributed by atoms with van der Waals surface area (Å²) >= 11 is 3.03. The second-order valence-corrected chi connectivity index (χ2v) is 5.82. The molecule has 0 unspecified atom stereocenters. The van der Waals surface area contributed by atoms with Crippen molar-refractivity contribution in [2.24, 2.45) is 0 Å². The van der Waals surface area contributed by atoms with Crippen LogP contribution in [0.1, 0.15) is 10.6 Å². The summed E-state index contributed by atoms with van der Waals surface area (Å²) in [4.78, 5) is 11.7. The van der Waals surface area contributed by atoms with Crippen LogP contribution in [0.25, 0.3) is 0 Å². The van der Waals surface area contributed by atoms with Gasteiger partial charge in [0.05, 0.1) is 4.90 Å². The molecule has 18 heavy (non-hydrogen) atoms. The van der Waals surface area contributed by atoms with Crippen molar-refractivity contribution in [2.45, 2.75) is 4.90 Å². The van der Waals surface area contributed by atoms with Gasteiger partial charge in [0, 0.05) is 0 Å². The summed E-state index contributed by atoms with van der Waals surface area (Å²) in [6.07, 6.45) is 0. The number of carbonyl (C=O) groups excluding carboxylic acids is 1. The molecule has 1 aromatic carbocycles. The highest BCUT2D eigenvalue weighted by Crippen LogP contribution is 2.15. The largest absolute Gasteiger partial charge is 0.444 e. The van der Waals surface area contributed by atoms with E-state index < -0.39 is 15.9 Å². The number of hydrogen-bond donors (Lipinski definition) is 1. The molecule has 0 fully saturated rings. The van der Waals surface area contributed by atoms with Gasteiger partial charge in [-0.15, -0.1) is 0 Å². The fourth-order valence-electron chi connectivity index (χ4n) is 1.27. The first-order valence-corrected chi connectivity index (χ1v) is 7.14. The van der Waals surface area contributed by atoms with Gasteiger partial charge in [-0.3, -0.25) is 4.79 Å². The van der Waals surface area contributed by atoms with Crippen LogP contribution in [-0.4, -0.2) is 14.3 Å². The maximum Gasteiger partial charge on any atom is 0.300 e. The highest BCUT2D eigenvalue weighted by molar-refractivity contribution is 9.10. The molecule has 0 bridgehead atoms. The third-order valence-electron chi connectivity index (χ3n) is 2.08. The minimum absolute atomic E-state index is 0.0176. The predicted molar refractivity (Wildman–Crippen MR) is 67.5 cm³/mol. The first-order chi connectivity index (χ1) is 8.49. The van der Waals surface area contributed by atoms with Crippen molar-refractivity contribution >= 4 is 31.9 Å². The summed E-state index contributed by atoms with van der Waals surface area (Å²) in [5, 5.41) is 0. The molecule has 94 valence electrons. The van der Waals surface area contributed by atoms with Gasteiger partial charge in [0.1, 0.15) is 0 Å². The minimum atomic E-state index is -3.87. The Hall–Kier alpha value is -1.60. The minimum Gasteiger partial charge on any atom is -0.444 e. The average Bonchev–Trinajstić information content (AvgIpc) is 2.77. The van der Waals surface area contributed by atoms with Gasteiger partial charge < -0.3 is 4.42 Å². The second-order valence-electron chi connectivity index (χ2n) is 3.35. The van der Waals surface area contributed by atoms with Gasteiger partial charge in [-0.05, 0) is 40.2 Å². The zero-order valence-electron chi connectivity index (χ0n) is 8.96. The van der Waals surface area contributed by atoms with Crippen molar-refractivity contribution in [2.75, 3.05) is 0 Å². The van der Waals surface area contributed by atoms with E-state index in [0.29, 0.717) is 4.67 Å². The fourth-order valence-corrected chi connectivity index (χ4v) is 2.55. The predicted octanol–water partition coefficient (Wildman–Crippen LogP) is 2.16. The maximum atomic E-state index is 11.8. The highest BCUT2D eigenvalue weighted by atomic mass is 79.9. The van der Waals surface area contributed by atoms with Gasteiger partial charge in [-0.2, -0.15) is 0 Å². The normalized spacial score (nSPS) is 11.2. The monoisotopic (exact) mass is 329 g/mol. The van der Waals surface area contributed by atoms with E-state index in [1.165, 1.54) is 24.3 Å². The van der Waals surface area contributed by atoms with Gasteiger partial charge in [0.15, 0.2) is 10.4 Å². The van der Waals surface area contributed by atoms with E-state index >= 15 is 0 Å². The Balaban J connectivity index is 2.22. The number of rotatable bonds is 3. The smallest absolute Gasteiger partial charge is 0.300 e. The van der Waals surface area contributed by atoms with Gasteiger partial charge in [-0.25, -0.2) is 13.1 Å². The van der Waals surface area contributed by atoms with Crippen LogP contribution in [0.4, 0.5) is 0 Å². The maximum absolute atomic E-state index is 11.8. The standard InChI is InChI=1S/C11H8BrNO4S/c12-10-7-6-9(17-10)11(14)13-18(15,16)8-4-2-1-3-5-8/h1-7H,(H,13,14). The number of furan rings is 1. The topological polar surface area (TPSA) is 76.4 Å². The van der Waals surface area contributed by atoms with Crippen molar-refractivity contribution in [1.29, 1.82) is 0 Å². The van der Waals surface area contributed by atoms with E-state index in [9.17, 15) is 13.2 Å². The Kier molecular flexibility index (Phi) is 3.53. The van der Waals surface area contributed by atoms with Crippen molar-refractivity contribution < 1.29 is 17.6 Å². The Morgan fingerprint density at radius 2 is 1.78 bits per heavy atom. The lowest BCUT2D eigenvalue weighted by molar-refractivity contribution is 0.0953. The average molecular weight is 330 g/mol. The summed E-state index contributed by atoms with van der Waals surface area (Å²) in [5.41, 5.74) is 0. The summed E-state index contributed by atoms with van der Waals surface area (Å²) in [6, 6.07) is 10.5. The van der Waals surface area contributed by atoms with Crippen molar-refractivity contribution in [3.05, 3.63) is 52.9 Å². The fraction of sp³-hybridized carbons (Fsp3) is 0. The number of halogens is 1. The number of carbonyl (C=O) groups is 1. The Bertz CT molecular complexity index is 663. The Morgan fingerprint density at radius 3 is 2.33 bits per heavy atom. The van der Waals surface area contributed by atoms with Crippen LogP contribution in [0.15, 0.2) is 56.4 Å². The summed E-state index contributed by atoms with van der Waals surface area (Å²) in [6.45, 7) is 0. The van der Waals surface area contributed by atoms with Gasteiger partial charge in [-0.1, -0.05) is 18.2 Å². The molecule has 0 aliphatic rings. The lowest BCUT2D eigenvalue weighted by atomic mass is 10.4. The first kappa shape index (κ1) is 12.8. The lowest BCUT2D eigenvalue weighted by Crippen LogP contribution is -2.30. The lowest BCUT2D eigenvalue weighted by Gasteiger charge is -2.04. The van der Waals surface area contributed by atoms with Gasteiger partial charge >= 0.3 is 5.91 Å². The quantitative estimate of drug-likeness (QED) is 0.936. The molecule has 2 aromatic rings.